The van der Waals surface area contributed by atoms with Crippen LogP contribution in [0.15, 0.2) is 30.3 Å². The number of esters is 1. The van der Waals surface area contributed by atoms with Gasteiger partial charge in [0.15, 0.2) is 0 Å². The van der Waals surface area contributed by atoms with Gasteiger partial charge in [-0.05, 0) is 31.9 Å². The number of aromatic nitrogens is 2. The average Bonchev–Trinajstić information content (AvgIpc) is 2.93. The minimum Gasteiger partial charge on any atom is -0.467 e. The molecule has 0 aliphatic carbocycles. The topological polar surface area (TPSA) is 90.3 Å². The molecular formula is C19H23N3O4. The lowest BCUT2D eigenvalue weighted by molar-refractivity contribution is -0.145. The van der Waals surface area contributed by atoms with Crippen LogP contribution < -0.4 is 5.32 Å². The number of carbonyl (C=O) groups excluding carboxylic acids is 3. The number of aryl methyl sites for hydroxylation is 1. The third kappa shape index (κ3) is 3.82. The van der Waals surface area contributed by atoms with Crippen LogP contribution >= 0.6 is 0 Å². The van der Waals surface area contributed by atoms with E-state index < -0.39 is 23.7 Å². The first-order valence-electron chi connectivity index (χ1n) is 8.32. The molecule has 0 spiro atoms. The molecule has 0 aliphatic rings. The summed E-state index contributed by atoms with van der Waals surface area (Å²) in [6.45, 7) is 6.92. The monoisotopic (exact) mass is 357 g/mol. The van der Waals surface area contributed by atoms with Crippen LogP contribution in [0.1, 0.15) is 35.6 Å². The number of nitrogens with one attached hydrogen (secondary N) is 1. The molecule has 0 saturated carbocycles. The van der Waals surface area contributed by atoms with Crippen molar-refractivity contribution in [3.05, 3.63) is 47.3 Å². The molecule has 7 nitrogen and oxygen atoms in total. The van der Waals surface area contributed by atoms with Gasteiger partial charge in [-0.3, -0.25) is 9.59 Å². The number of benzene rings is 1. The lowest BCUT2D eigenvalue weighted by Crippen LogP contribution is -2.47. The SMILES string of the molecule is COC(=O)[C@@H](NC(=O)C(=O)c1c(C)nn(-c2ccccc2)c1C)C(C)C. The van der Waals surface area contributed by atoms with Crippen LogP contribution in [0.25, 0.3) is 5.69 Å². The Kier molecular flexibility index (Phi) is 5.92. The Hall–Kier alpha value is -2.96. The summed E-state index contributed by atoms with van der Waals surface area (Å²) in [7, 11) is 1.24. The van der Waals surface area contributed by atoms with Crippen molar-refractivity contribution in [2.75, 3.05) is 7.11 Å². The number of rotatable bonds is 6. The molecule has 2 rings (SSSR count). The Balaban J connectivity index is 2.31. The highest BCUT2D eigenvalue weighted by atomic mass is 16.5. The highest BCUT2D eigenvalue weighted by Gasteiger charge is 2.30. The molecule has 1 N–H and O–H groups in total. The van der Waals surface area contributed by atoms with Crippen LogP contribution in [0.3, 0.4) is 0 Å². The Morgan fingerprint density at radius 2 is 1.73 bits per heavy atom. The van der Waals surface area contributed by atoms with Crippen molar-refractivity contribution < 1.29 is 19.1 Å². The zero-order valence-electron chi connectivity index (χ0n) is 15.6. The van der Waals surface area contributed by atoms with E-state index in [-0.39, 0.29) is 11.5 Å². The Bertz CT molecular complexity index is 825. The molecule has 1 aromatic heterocycles. The summed E-state index contributed by atoms with van der Waals surface area (Å²) in [5, 5.41) is 6.84. The van der Waals surface area contributed by atoms with Crippen molar-refractivity contribution in [2.45, 2.75) is 33.7 Å². The summed E-state index contributed by atoms with van der Waals surface area (Å²) < 4.78 is 6.31. The molecule has 0 saturated heterocycles. The van der Waals surface area contributed by atoms with Crippen LogP contribution in [0.4, 0.5) is 0 Å². The normalized spacial score (nSPS) is 11.9. The summed E-state index contributed by atoms with van der Waals surface area (Å²) in [5.74, 6) is -2.38. The number of carbonyl (C=O) groups is 3. The van der Waals surface area contributed by atoms with Crippen molar-refractivity contribution in [3.8, 4) is 5.69 Å². The van der Waals surface area contributed by atoms with Gasteiger partial charge in [0.1, 0.15) is 6.04 Å². The van der Waals surface area contributed by atoms with E-state index >= 15 is 0 Å². The number of hydrogen-bond acceptors (Lipinski definition) is 5. The Labute approximate surface area is 152 Å². The maximum absolute atomic E-state index is 12.7. The second kappa shape index (κ2) is 7.95. The van der Waals surface area contributed by atoms with Crippen LogP contribution in [0, 0.1) is 19.8 Å². The number of ketones is 1. The maximum atomic E-state index is 12.7. The van der Waals surface area contributed by atoms with Crippen molar-refractivity contribution in [1.29, 1.82) is 0 Å². The van der Waals surface area contributed by atoms with Crippen LogP contribution in [-0.2, 0) is 14.3 Å². The minimum absolute atomic E-state index is 0.214. The van der Waals surface area contributed by atoms with E-state index in [1.807, 2.05) is 30.3 Å². The molecule has 0 bridgehead atoms. The predicted molar refractivity (Wildman–Crippen MR) is 96.2 cm³/mol. The molecule has 26 heavy (non-hydrogen) atoms. The van der Waals surface area contributed by atoms with Crippen molar-refractivity contribution in [1.82, 2.24) is 15.1 Å². The molecule has 1 heterocycles. The van der Waals surface area contributed by atoms with Gasteiger partial charge in [0.05, 0.1) is 29.7 Å². The van der Waals surface area contributed by atoms with Crippen molar-refractivity contribution in [2.24, 2.45) is 5.92 Å². The van der Waals surface area contributed by atoms with E-state index in [0.29, 0.717) is 11.4 Å². The molecule has 0 unspecified atom stereocenters. The predicted octanol–water partition coefficient (Wildman–Crippen LogP) is 1.99. The van der Waals surface area contributed by atoms with E-state index in [4.69, 9.17) is 0 Å². The van der Waals surface area contributed by atoms with Gasteiger partial charge in [0.2, 0.25) is 0 Å². The first-order valence-corrected chi connectivity index (χ1v) is 8.32. The number of para-hydroxylation sites is 1. The summed E-state index contributed by atoms with van der Waals surface area (Å²) in [4.78, 5) is 36.9. The van der Waals surface area contributed by atoms with Crippen LogP contribution in [-0.4, -0.2) is 40.6 Å². The molecule has 2 aromatic rings. The highest BCUT2D eigenvalue weighted by molar-refractivity contribution is 6.43. The molecule has 1 aromatic carbocycles. The molecule has 0 aliphatic heterocycles. The highest BCUT2D eigenvalue weighted by Crippen LogP contribution is 2.18. The average molecular weight is 357 g/mol. The fraction of sp³-hybridized carbons (Fsp3) is 0.368. The van der Waals surface area contributed by atoms with Crippen molar-refractivity contribution >= 4 is 17.7 Å². The number of hydrogen-bond donors (Lipinski definition) is 1. The van der Waals surface area contributed by atoms with Crippen LogP contribution in [0.5, 0.6) is 0 Å². The van der Waals surface area contributed by atoms with E-state index in [9.17, 15) is 14.4 Å². The van der Waals surface area contributed by atoms with Gasteiger partial charge in [0, 0.05) is 0 Å². The third-order valence-corrected chi connectivity index (χ3v) is 4.13. The fourth-order valence-corrected chi connectivity index (χ4v) is 2.74. The summed E-state index contributed by atoms with van der Waals surface area (Å²) >= 11 is 0. The zero-order chi connectivity index (χ0) is 19.4. The smallest absolute Gasteiger partial charge is 0.328 e. The molecule has 1 amide bonds. The maximum Gasteiger partial charge on any atom is 0.328 e. The van der Waals surface area contributed by atoms with E-state index in [0.717, 1.165) is 5.69 Å². The third-order valence-electron chi connectivity index (χ3n) is 4.13. The number of nitrogens with zero attached hydrogens (tertiary/aromatic N) is 2. The van der Waals surface area contributed by atoms with Crippen molar-refractivity contribution in [3.63, 3.8) is 0 Å². The van der Waals surface area contributed by atoms with Gasteiger partial charge in [-0.15, -0.1) is 0 Å². The second-order valence-corrected chi connectivity index (χ2v) is 6.34. The zero-order valence-corrected chi connectivity index (χ0v) is 15.6. The summed E-state index contributed by atoms with van der Waals surface area (Å²) in [5.41, 5.74) is 2.04. The number of ether oxygens (including phenoxy) is 1. The second-order valence-electron chi connectivity index (χ2n) is 6.34. The van der Waals surface area contributed by atoms with E-state index in [1.54, 1.807) is 32.4 Å². The van der Waals surface area contributed by atoms with Gasteiger partial charge >= 0.3 is 5.97 Å². The quantitative estimate of drug-likeness (QED) is 0.485. The fourth-order valence-electron chi connectivity index (χ4n) is 2.74. The number of Topliss-reactive ketones (excluding diaryl/α,β-unsaturated/α-hetero) is 1. The molecule has 0 radical (unpaired) electrons. The lowest BCUT2D eigenvalue weighted by Gasteiger charge is -2.19. The number of methoxy groups -OCH3 is 1. The van der Waals surface area contributed by atoms with Gasteiger partial charge in [-0.1, -0.05) is 32.0 Å². The first kappa shape index (κ1) is 19.4. The van der Waals surface area contributed by atoms with Gasteiger partial charge in [-0.2, -0.15) is 5.10 Å². The van der Waals surface area contributed by atoms with Gasteiger partial charge < -0.3 is 10.1 Å². The standard InChI is InChI=1S/C19H23N3O4/c1-11(2)16(19(25)26-5)20-18(24)17(23)15-12(3)21-22(13(15)4)14-9-7-6-8-10-14/h6-11,16H,1-5H3,(H,20,24)/t16-/m0/s1. The van der Waals surface area contributed by atoms with E-state index in [2.05, 4.69) is 15.2 Å². The first-order chi connectivity index (χ1) is 12.3. The van der Waals surface area contributed by atoms with Gasteiger partial charge in [-0.25, -0.2) is 9.48 Å². The molecule has 0 fully saturated rings. The molecular weight excluding hydrogens is 334 g/mol. The van der Waals surface area contributed by atoms with E-state index in [1.165, 1.54) is 7.11 Å². The Morgan fingerprint density at radius 3 is 2.27 bits per heavy atom. The Morgan fingerprint density at radius 1 is 1.12 bits per heavy atom. The summed E-state index contributed by atoms with van der Waals surface area (Å²) in [6, 6.07) is 8.45. The lowest BCUT2D eigenvalue weighted by atomic mass is 10.0. The molecule has 1 atom stereocenters. The largest absolute Gasteiger partial charge is 0.467 e. The van der Waals surface area contributed by atoms with Gasteiger partial charge in [0.25, 0.3) is 11.7 Å². The molecule has 138 valence electrons. The minimum atomic E-state index is -0.888. The van der Waals surface area contributed by atoms with Crippen LogP contribution in [0.2, 0.25) is 0 Å². The molecule has 7 heteroatoms. The summed E-state index contributed by atoms with van der Waals surface area (Å²) in [6.07, 6.45) is 0. The number of amides is 1.